The maximum atomic E-state index is 3.06. The molecule has 0 aliphatic rings. The smallest absolute Gasteiger partial charge is 0.183 e. The van der Waals surface area contributed by atoms with Crippen molar-refractivity contribution >= 4 is 21.5 Å². The van der Waals surface area contributed by atoms with Gasteiger partial charge < -0.3 is 0 Å². The van der Waals surface area contributed by atoms with Crippen LogP contribution in [0, 0.1) is 26.0 Å². The van der Waals surface area contributed by atoms with E-state index in [1.807, 2.05) is 24.3 Å². The largest absolute Gasteiger partial charge is 2.00 e. The Labute approximate surface area is 150 Å². The number of hydrogen-bond donors (Lipinski definition) is 0. The summed E-state index contributed by atoms with van der Waals surface area (Å²) in [4.78, 5) is 0. The van der Waals surface area contributed by atoms with E-state index in [-0.39, 0.29) is 19.5 Å². The monoisotopic (exact) mass is 346 g/mol. The number of aryl methyl sites for hydroxylation is 2. The van der Waals surface area contributed by atoms with Gasteiger partial charge in [-0.05, 0) is 13.8 Å². The molecule has 0 unspecified atom stereocenters. The summed E-state index contributed by atoms with van der Waals surface area (Å²) in [5.41, 5.74) is 2.61. The molecule has 4 rings (SSSR count). The Kier molecular flexibility index (Phi) is 6.07. The van der Waals surface area contributed by atoms with Crippen LogP contribution in [-0.2, 0) is 19.5 Å². The second-order valence-corrected chi connectivity index (χ2v) is 5.55. The Balaban J connectivity index is 0.000000160. The molecule has 4 aromatic carbocycles. The van der Waals surface area contributed by atoms with E-state index in [0.29, 0.717) is 0 Å². The second-order valence-electron chi connectivity index (χ2n) is 5.55. The minimum absolute atomic E-state index is 0. The summed E-state index contributed by atoms with van der Waals surface area (Å²) in [5.74, 6) is 0. The quantitative estimate of drug-likeness (QED) is 0.274. The maximum Gasteiger partial charge on any atom is 2.00 e. The third-order valence-electron chi connectivity index (χ3n) is 3.68. The normalized spacial score (nSPS) is 9.83. The molecule has 0 aromatic heterocycles. The van der Waals surface area contributed by atoms with Gasteiger partial charge in [0.25, 0.3) is 0 Å². The third-order valence-corrected chi connectivity index (χ3v) is 3.68. The van der Waals surface area contributed by atoms with Gasteiger partial charge in [0.05, 0.1) is 0 Å². The second kappa shape index (κ2) is 8.04. The zero-order chi connectivity index (χ0) is 15.4. The first-order valence-corrected chi connectivity index (χ1v) is 7.45. The number of hydrogen-bond acceptors (Lipinski definition) is 0. The van der Waals surface area contributed by atoms with Crippen LogP contribution in [0.2, 0.25) is 0 Å². The molecule has 0 nitrogen and oxygen atoms in total. The van der Waals surface area contributed by atoms with Crippen molar-refractivity contribution < 1.29 is 19.5 Å². The van der Waals surface area contributed by atoms with Gasteiger partial charge in [0, 0.05) is 0 Å². The summed E-state index contributed by atoms with van der Waals surface area (Å²) in [6.45, 7) is 4.21. The molecule has 0 heterocycles. The predicted octanol–water partition coefficient (Wildman–Crippen LogP) is 5.89. The van der Waals surface area contributed by atoms with Crippen LogP contribution in [0.1, 0.15) is 11.1 Å². The van der Waals surface area contributed by atoms with Gasteiger partial charge in [-0.25, -0.2) is 0 Å². The van der Waals surface area contributed by atoms with Crippen molar-refractivity contribution in [3.05, 3.63) is 96.1 Å². The summed E-state index contributed by atoms with van der Waals surface area (Å²) < 4.78 is 0. The van der Waals surface area contributed by atoms with Gasteiger partial charge in [0.15, 0.2) is 0 Å². The van der Waals surface area contributed by atoms with Crippen LogP contribution >= 0.6 is 0 Å². The molecule has 4 aromatic rings. The van der Waals surface area contributed by atoms with Gasteiger partial charge in [-0.15, -0.1) is 33.7 Å². The fourth-order valence-electron chi connectivity index (χ4n) is 2.49. The Hall–Kier alpha value is -1.98. The first kappa shape index (κ1) is 17.4. The average Bonchev–Trinajstić information content (AvgIpc) is 2.55. The van der Waals surface area contributed by atoms with Crippen LogP contribution < -0.4 is 0 Å². The minimum Gasteiger partial charge on any atom is -0.183 e. The van der Waals surface area contributed by atoms with Crippen molar-refractivity contribution in [2.24, 2.45) is 0 Å². The van der Waals surface area contributed by atoms with E-state index < -0.39 is 0 Å². The van der Waals surface area contributed by atoms with Crippen molar-refractivity contribution in [2.75, 3.05) is 0 Å². The van der Waals surface area contributed by atoms with E-state index in [0.717, 1.165) is 0 Å². The molecular weight excluding hydrogens is 330 g/mol. The molecule has 0 amide bonds. The summed E-state index contributed by atoms with van der Waals surface area (Å²) in [6, 6.07) is 31.1. The van der Waals surface area contributed by atoms with Crippen molar-refractivity contribution in [3.8, 4) is 0 Å². The van der Waals surface area contributed by atoms with Gasteiger partial charge >= 0.3 is 19.5 Å². The van der Waals surface area contributed by atoms with E-state index in [9.17, 15) is 0 Å². The Morgan fingerprint density at radius 3 is 1.43 bits per heavy atom. The molecule has 0 aliphatic heterocycles. The van der Waals surface area contributed by atoms with E-state index in [4.69, 9.17) is 0 Å². The van der Waals surface area contributed by atoms with Crippen LogP contribution in [0.5, 0.6) is 0 Å². The molecule has 23 heavy (non-hydrogen) atoms. The summed E-state index contributed by atoms with van der Waals surface area (Å²) >= 11 is 0. The van der Waals surface area contributed by atoms with E-state index in [1.54, 1.807) is 0 Å². The van der Waals surface area contributed by atoms with Crippen molar-refractivity contribution in [1.82, 2.24) is 0 Å². The summed E-state index contributed by atoms with van der Waals surface area (Å²) in [7, 11) is 0. The maximum absolute atomic E-state index is 3.06. The molecule has 0 radical (unpaired) electrons. The standard InChI is InChI=1S/2C11H9.Zn/c2*1-9-6-7-10-4-2-3-5-11(10)8-9;/h2*2,4-8H,1H3;/q2*-1;+2. The molecule has 0 saturated heterocycles. The van der Waals surface area contributed by atoms with Crippen LogP contribution in [-0.4, -0.2) is 0 Å². The molecule has 108 valence electrons. The number of rotatable bonds is 0. The number of fused-ring (bicyclic) bond motifs is 2. The average molecular weight is 348 g/mol. The van der Waals surface area contributed by atoms with Gasteiger partial charge in [-0.3, -0.25) is 0 Å². The van der Waals surface area contributed by atoms with Crippen molar-refractivity contribution in [1.29, 1.82) is 0 Å². The summed E-state index contributed by atoms with van der Waals surface area (Å²) in [6.07, 6.45) is 0. The minimum atomic E-state index is 0. The van der Waals surface area contributed by atoms with Crippen LogP contribution in [0.4, 0.5) is 0 Å². The van der Waals surface area contributed by atoms with E-state index in [2.05, 4.69) is 74.5 Å². The molecule has 0 saturated carbocycles. The fraction of sp³-hybridized carbons (Fsp3) is 0.0909. The molecule has 0 bridgehead atoms. The number of benzene rings is 4. The van der Waals surface area contributed by atoms with Gasteiger partial charge in [-0.2, -0.15) is 48.5 Å². The molecule has 0 aliphatic carbocycles. The molecule has 0 atom stereocenters. The first-order valence-electron chi connectivity index (χ1n) is 7.45. The molecule has 1 heteroatoms. The Bertz CT molecular complexity index is 832. The van der Waals surface area contributed by atoms with E-state index >= 15 is 0 Å². The third kappa shape index (κ3) is 4.50. The Morgan fingerprint density at radius 1 is 0.565 bits per heavy atom. The van der Waals surface area contributed by atoms with Crippen LogP contribution in [0.25, 0.3) is 21.5 Å². The van der Waals surface area contributed by atoms with Crippen molar-refractivity contribution in [3.63, 3.8) is 0 Å². The van der Waals surface area contributed by atoms with Crippen molar-refractivity contribution in [2.45, 2.75) is 13.8 Å². The van der Waals surface area contributed by atoms with Crippen LogP contribution in [0.3, 0.4) is 0 Å². The predicted molar refractivity (Wildman–Crippen MR) is 95.0 cm³/mol. The first-order chi connectivity index (χ1) is 10.7. The fourth-order valence-corrected chi connectivity index (χ4v) is 2.49. The molecule has 0 fully saturated rings. The zero-order valence-corrected chi connectivity index (χ0v) is 16.6. The molecular formula is C22H18Zn. The SMILES string of the molecule is Cc1ccc2cc[c-]cc2c1.Cc1ccc2cc[c-]cc2c1.[Zn+2]. The van der Waals surface area contributed by atoms with Gasteiger partial charge in [0.2, 0.25) is 0 Å². The van der Waals surface area contributed by atoms with Crippen LogP contribution in [0.15, 0.2) is 72.8 Å². The Morgan fingerprint density at radius 2 is 1.00 bits per heavy atom. The molecule has 0 spiro atoms. The van der Waals surface area contributed by atoms with Gasteiger partial charge in [0.1, 0.15) is 0 Å². The van der Waals surface area contributed by atoms with Gasteiger partial charge in [-0.1, -0.05) is 35.4 Å². The van der Waals surface area contributed by atoms with E-state index in [1.165, 1.54) is 32.7 Å². The zero-order valence-electron chi connectivity index (χ0n) is 13.6. The summed E-state index contributed by atoms with van der Waals surface area (Å²) in [5, 5.41) is 5.11. The topological polar surface area (TPSA) is 0 Å². The molecule has 0 N–H and O–H groups in total.